The smallest absolute Gasteiger partial charge is 0.255 e. The highest BCUT2D eigenvalue weighted by atomic mass is 32.1. The molecule has 21 heavy (non-hydrogen) atoms. The fraction of sp³-hybridized carbons (Fsp3) is 0.353. The predicted octanol–water partition coefficient (Wildman–Crippen LogP) is 4.21. The van der Waals surface area contributed by atoms with Gasteiger partial charge in [0.15, 0.2) is 0 Å². The monoisotopic (exact) mass is 303 g/mol. The summed E-state index contributed by atoms with van der Waals surface area (Å²) in [5.74, 6) is 0.893. The maximum atomic E-state index is 12.6. The molecule has 1 aromatic heterocycles. The summed E-state index contributed by atoms with van der Waals surface area (Å²) in [5, 5.41) is 0. The minimum Gasteiger partial charge on any atom is -0.497 e. The number of amides is 1. The van der Waals surface area contributed by atoms with Crippen LogP contribution >= 0.6 is 11.3 Å². The van der Waals surface area contributed by atoms with Crippen molar-refractivity contribution in [2.45, 2.75) is 26.8 Å². The lowest BCUT2D eigenvalue weighted by Gasteiger charge is -2.25. The highest BCUT2D eigenvalue weighted by molar-refractivity contribution is 7.12. The zero-order valence-corrected chi connectivity index (χ0v) is 14.0. The van der Waals surface area contributed by atoms with E-state index < -0.39 is 0 Å². The summed E-state index contributed by atoms with van der Waals surface area (Å²) in [6.07, 6.45) is 0. The molecule has 4 heteroatoms. The first kappa shape index (κ1) is 15.6. The average molecular weight is 303 g/mol. The molecule has 2 aromatic rings. The van der Waals surface area contributed by atoms with E-state index >= 15 is 0 Å². The number of rotatable bonds is 4. The molecule has 1 aromatic carbocycles. The van der Waals surface area contributed by atoms with Gasteiger partial charge in [-0.2, -0.15) is 0 Å². The largest absolute Gasteiger partial charge is 0.497 e. The Morgan fingerprint density at radius 3 is 2.33 bits per heavy atom. The number of carbonyl (C=O) groups is 1. The lowest BCUT2D eigenvalue weighted by atomic mass is 10.1. The summed E-state index contributed by atoms with van der Waals surface area (Å²) in [6, 6.07) is 9.83. The SMILES string of the molecule is COc1ccc(C(C)N(C)C(=O)c2cc(C)sc2C)cc1. The molecule has 112 valence electrons. The number of aryl methyl sites for hydroxylation is 2. The average Bonchev–Trinajstić information content (AvgIpc) is 2.83. The van der Waals surface area contributed by atoms with Crippen molar-refractivity contribution in [3.8, 4) is 5.75 Å². The lowest BCUT2D eigenvalue weighted by Crippen LogP contribution is -2.29. The number of methoxy groups -OCH3 is 1. The number of ether oxygens (including phenoxy) is 1. The van der Waals surface area contributed by atoms with Gasteiger partial charge in [-0.05, 0) is 44.5 Å². The van der Waals surface area contributed by atoms with Crippen LogP contribution in [0.4, 0.5) is 0 Å². The molecule has 0 bridgehead atoms. The van der Waals surface area contributed by atoms with Gasteiger partial charge in [0.25, 0.3) is 5.91 Å². The Morgan fingerprint density at radius 2 is 1.86 bits per heavy atom. The molecule has 0 aliphatic carbocycles. The number of hydrogen-bond donors (Lipinski definition) is 0. The molecule has 0 saturated heterocycles. The van der Waals surface area contributed by atoms with E-state index in [4.69, 9.17) is 4.74 Å². The van der Waals surface area contributed by atoms with Gasteiger partial charge in [0.2, 0.25) is 0 Å². The normalized spacial score (nSPS) is 12.0. The van der Waals surface area contributed by atoms with E-state index in [9.17, 15) is 4.79 Å². The van der Waals surface area contributed by atoms with E-state index in [1.807, 2.05) is 58.2 Å². The molecule has 1 amide bonds. The van der Waals surface area contributed by atoms with Crippen LogP contribution in [-0.4, -0.2) is 25.0 Å². The van der Waals surface area contributed by atoms with Crippen LogP contribution in [0.2, 0.25) is 0 Å². The van der Waals surface area contributed by atoms with Crippen LogP contribution in [-0.2, 0) is 0 Å². The molecule has 1 heterocycles. The molecule has 0 radical (unpaired) electrons. The van der Waals surface area contributed by atoms with Crippen molar-refractivity contribution >= 4 is 17.2 Å². The molecule has 0 saturated carbocycles. The first-order valence-electron chi connectivity index (χ1n) is 6.92. The topological polar surface area (TPSA) is 29.5 Å². The fourth-order valence-corrected chi connectivity index (χ4v) is 3.23. The van der Waals surface area contributed by atoms with Gasteiger partial charge in [0.05, 0.1) is 18.7 Å². The van der Waals surface area contributed by atoms with Crippen molar-refractivity contribution < 1.29 is 9.53 Å². The molecular formula is C17H21NO2S. The molecule has 3 nitrogen and oxygen atoms in total. The summed E-state index contributed by atoms with van der Waals surface area (Å²) in [5.41, 5.74) is 1.90. The molecular weight excluding hydrogens is 282 g/mol. The highest BCUT2D eigenvalue weighted by Crippen LogP contribution is 2.26. The number of hydrogen-bond acceptors (Lipinski definition) is 3. The predicted molar refractivity (Wildman–Crippen MR) is 87.3 cm³/mol. The lowest BCUT2D eigenvalue weighted by molar-refractivity contribution is 0.0742. The third-order valence-electron chi connectivity index (χ3n) is 3.77. The van der Waals surface area contributed by atoms with Crippen molar-refractivity contribution in [1.29, 1.82) is 0 Å². The Hall–Kier alpha value is -1.81. The summed E-state index contributed by atoms with van der Waals surface area (Å²) < 4.78 is 5.17. The second-order valence-corrected chi connectivity index (χ2v) is 6.65. The van der Waals surface area contributed by atoms with Crippen LogP contribution < -0.4 is 4.74 Å². The van der Waals surface area contributed by atoms with Gasteiger partial charge in [-0.3, -0.25) is 4.79 Å². The zero-order chi connectivity index (χ0) is 15.6. The second kappa shape index (κ2) is 6.31. The standard InChI is InChI=1S/C17H21NO2S/c1-11-10-16(13(3)21-11)17(19)18(4)12(2)14-6-8-15(20-5)9-7-14/h6-10,12H,1-5H3. The molecule has 2 rings (SSSR count). The van der Waals surface area contributed by atoms with E-state index in [-0.39, 0.29) is 11.9 Å². The number of benzene rings is 1. The van der Waals surface area contributed by atoms with Gasteiger partial charge in [-0.25, -0.2) is 0 Å². The molecule has 0 N–H and O–H groups in total. The molecule has 0 fully saturated rings. The van der Waals surface area contributed by atoms with Crippen LogP contribution in [0, 0.1) is 13.8 Å². The van der Waals surface area contributed by atoms with Gasteiger partial charge in [0.1, 0.15) is 5.75 Å². The van der Waals surface area contributed by atoms with Crippen molar-refractivity contribution in [3.63, 3.8) is 0 Å². The van der Waals surface area contributed by atoms with E-state index in [0.717, 1.165) is 21.8 Å². The van der Waals surface area contributed by atoms with E-state index in [2.05, 4.69) is 0 Å². The van der Waals surface area contributed by atoms with E-state index in [1.165, 1.54) is 4.88 Å². The summed E-state index contributed by atoms with van der Waals surface area (Å²) in [6.45, 7) is 6.06. The van der Waals surface area contributed by atoms with Gasteiger partial charge >= 0.3 is 0 Å². The van der Waals surface area contributed by atoms with Gasteiger partial charge in [-0.15, -0.1) is 11.3 Å². The molecule has 0 aliphatic heterocycles. The molecule has 1 unspecified atom stereocenters. The van der Waals surface area contributed by atoms with Gasteiger partial charge in [-0.1, -0.05) is 12.1 Å². The van der Waals surface area contributed by atoms with Gasteiger partial charge in [0, 0.05) is 16.8 Å². The summed E-state index contributed by atoms with van der Waals surface area (Å²) in [7, 11) is 3.50. The Labute approximate surface area is 130 Å². The number of thiophene rings is 1. The third kappa shape index (κ3) is 3.27. The Kier molecular flexibility index (Phi) is 4.68. The maximum absolute atomic E-state index is 12.6. The van der Waals surface area contributed by atoms with Gasteiger partial charge < -0.3 is 9.64 Å². The third-order valence-corrected chi connectivity index (χ3v) is 4.74. The Morgan fingerprint density at radius 1 is 1.24 bits per heavy atom. The molecule has 0 spiro atoms. The number of nitrogens with zero attached hydrogens (tertiary/aromatic N) is 1. The van der Waals surface area contributed by atoms with Crippen LogP contribution in [0.5, 0.6) is 5.75 Å². The first-order chi connectivity index (χ1) is 9.93. The van der Waals surface area contributed by atoms with E-state index in [0.29, 0.717) is 0 Å². The highest BCUT2D eigenvalue weighted by Gasteiger charge is 2.21. The van der Waals surface area contributed by atoms with Crippen molar-refractivity contribution in [1.82, 2.24) is 4.90 Å². The number of carbonyl (C=O) groups excluding carboxylic acids is 1. The second-order valence-electron chi connectivity index (χ2n) is 5.19. The zero-order valence-electron chi connectivity index (χ0n) is 13.1. The van der Waals surface area contributed by atoms with Crippen LogP contribution in [0.25, 0.3) is 0 Å². The Bertz CT molecular complexity index is 631. The van der Waals surface area contributed by atoms with Crippen LogP contribution in [0.3, 0.4) is 0 Å². The summed E-state index contributed by atoms with van der Waals surface area (Å²) in [4.78, 5) is 16.7. The minimum atomic E-state index is 0.0167. The fourth-order valence-electron chi connectivity index (χ4n) is 2.32. The molecule has 1 atom stereocenters. The van der Waals surface area contributed by atoms with Crippen LogP contribution in [0.15, 0.2) is 30.3 Å². The Balaban J connectivity index is 2.19. The first-order valence-corrected chi connectivity index (χ1v) is 7.74. The van der Waals surface area contributed by atoms with Crippen LogP contribution in [0.1, 0.15) is 38.6 Å². The summed E-state index contributed by atoms with van der Waals surface area (Å²) >= 11 is 1.66. The maximum Gasteiger partial charge on any atom is 0.255 e. The minimum absolute atomic E-state index is 0.0167. The molecule has 0 aliphatic rings. The van der Waals surface area contributed by atoms with Crippen molar-refractivity contribution in [2.24, 2.45) is 0 Å². The van der Waals surface area contributed by atoms with Crippen molar-refractivity contribution in [3.05, 3.63) is 51.2 Å². The quantitative estimate of drug-likeness (QED) is 0.847. The van der Waals surface area contributed by atoms with Crippen molar-refractivity contribution in [2.75, 3.05) is 14.2 Å². The van der Waals surface area contributed by atoms with E-state index in [1.54, 1.807) is 23.3 Å².